The van der Waals surface area contributed by atoms with Gasteiger partial charge in [-0.1, -0.05) is 18.2 Å². The number of benzene rings is 2. The molecule has 0 radical (unpaired) electrons. The van der Waals surface area contributed by atoms with Crippen LogP contribution in [0.2, 0.25) is 0 Å². The number of piperazine rings is 1. The van der Waals surface area contributed by atoms with Crippen LogP contribution < -0.4 is 5.32 Å². The van der Waals surface area contributed by atoms with Crippen molar-refractivity contribution in [2.45, 2.75) is 19.9 Å². The molecule has 1 aliphatic rings. The van der Waals surface area contributed by atoms with Crippen molar-refractivity contribution >= 4 is 21.7 Å². The summed E-state index contributed by atoms with van der Waals surface area (Å²) in [7, 11) is -1.50. The molecule has 1 saturated heterocycles. The quantitative estimate of drug-likeness (QED) is 0.309. The molecule has 11 heteroatoms. The Hall–Kier alpha value is -4.03. The van der Waals surface area contributed by atoms with Gasteiger partial charge in [0.2, 0.25) is 0 Å². The van der Waals surface area contributed by atoms with Crippen LogP contribution >= 0.6 is 0 Å². The third-order valence-electron chi connectivity index (χ3n) is 6.84. The molecule has 5 rings (SSSR count). The highest BCUT2D eigenvalue weighted by Crippen LogP contribution is 2.21. The predicted molar refractivity (Wildman–Crippen MR) is 164 cm³/mol. The highest BCUT2D eigenvalue weighted by molar-refractivity contribution is 7.85. The van der Waals surface area contributed by atoms with Crippen LogP contribution in [0.4, 0.5) is 5.69 Å². The Balaban J connectivity index is 0.000000748. The molecule has 10 nitrogen and oxygen atoms in total. The third-order valence-corrected chi connectivity index (χ3v) is 6.84. The van der Waals surface area contributed by atoms with Crippen LogP contribution in [0.25, 0.3) is 11.3 Å². The summed E-state index contributed by atoms with van der Waals surface area (Å²) in [5.41, 5.74) is 6.64. The van der Waals surface area contributed by atoms with E-state index in [0.29, 0.717) is 18.2 Å². The van der Waals surface area contributed by atoms with Crippen molar-refractivity contribution in [2.75, 3.05) is 44.8 Å². The van der Waals surface area contributed by atoms with Crippen molar-refractivity contribution in [3.05, 3.63) is 107 Å². The fraction of sp³-hybridized carbons (Fsp3) is 0.290. The molecule has 1 fully saturated rings. The van der Waals surface area contributed by atoms with E-state index in [4.69, 9.17) is 9.54 Å². The Kier molecular flexibility index (Phi) is 10.5. The highest BCUT2D eigenvalue weighted by Gasteiger charge is 2.14. The van der Waals surface area contributed by atoms with Gasteiger partial charge in [0.05, 0.1) is 11.9 Å². The lowest BCUT2D eigenvalue weighted by molar-refractivity contribution is 0.102. The SMILES string of the molecule is CS(=O)(=O)O.Cc1ccc(NC(=O)c2ccc(CN3CCN(C)CC3)cc2)cc1Cc1nccc(-c2cccnc2)n1. The molecule has 2 aromatic heterocycles. The van der Waals surface area contributed by atoms with Gasteiger partial charge >= 0.3 is 0 Å². The van der Waals surface area contributed by atoms with Gasteiger partial charge in [0.25, 0.3) is 16.0 Å². The predicted octanol–water partition coefficient (Wildman–Crippen LogP) is 3.94. The first-order chi connectivity index (χ1) is 20.0. The van der Waals surface area contributed by atoms with Gasteiger partial charge in [0.1, 0.15) is 5.82 Å². The second-order valence-electron chi connectivity index (χ2n) is 10.4. The molecular formula is C31H36N6O4S. The molecule has 0 atom stereocenters. The largest absolute Gasteiger partial charge is 0.322 e. The number of nitrogens with zero attached hydrogens (tertiary/aromatic N) is 5. The molecule has 3 heterocycles. The zero-order valence-corrected chi connectivity index (χ0v) is 24.9. The Bertz CT molecular complexity index is 1580. The number of likely N-dealkylation sites (N-methyl/N-ethyl adjacent to an activating group) is 1. The number of aryl methyl sites for hydroxylation is 1. The maximum absolute atomic E-state index is 12.9. The van der Waals surface area contributed by atoms with E-state index in [-0.39, 0.29) is 5.91 Å². The number of nitrogens with one attached hydrogen (secondary N) is 1. The van der Waals surface area contributed by atoms with Crippen LogP contribution in [0, 0.1) is 6.92 Å². The van der Waals surface area contributed by atoms with Gasteiger partial charge in [-0.05, 0) is 73.1 Å². The molecule has 2 aromatic carbocycles. The van der Waals surface area contributed by atoms with E-state index < -0.39 is 10.1 Å². The molecule has 2 N–H and O–H groups in total. The topological polar surface area (TPSA) is 129 Å². The minimum atomic E-state index is -3.67. The van der Waals surface area contributed by atoms with Crippen LogP contribution in [0.3, 0.4) is 0 Å². The minimum absolute atomic E-state index is 0.115. The van der Waals surface area contributed by atoms with E-state index in [2.05, 4.69) is 51.2 Å². The Labute approximate surface area is 247 Å². The van der Waals surface area contributed by atoms with E-state index in [1.165, 1.54) is 5.56 Å². The molecule has 0 saturated carbocycles. The number of amides is 1. The summed E-state index contributed by atoms with van der Waals surface area (Å²) in [6, 6.07) is 19.7. The van der Waals surface area contributed by atoms with Crippen LogP contribution in [-0.2, 0) is 23.1 Å². The molecule has 0 aliphatic carbocycles. The van der Waals surface area contributed by atoms with E-state index in [0.717, 1.165) is 66.6 Å². The molecule has 0 unspecified atom stereocenters. The van der Waals surface area contributed by atoms with E-state index in [1.54, 1.807) is 18.6 Å². The van der Waals surface area contributed by atoms with Crippen molar-refractivity contribution < 1.29 is 17.8 Å². The van der Waals surface area contributed by atoms with E-state index >= 15 is 0 Å². The van der Waals surface area contributed by atoms with Crippen LogP contribution in [0.1, 0.15) is 32.9 Å². The summed E-state index contributed by atoms with van der Waals surface area (Å²) in [6.45, 7) is 7.33. The van der Waals surface area contributed by atoms with Crippen molar-refractivity contribution in [1.29, 1.82) is 0 Å². The summed E-state index contributed by atoms with van der Waals surface area (Å²) in [5, 5.41) is 3.05. The zero-order chi connectivity index (χ0) is 30.1. The number of carbonyl (C=O) groups excluding carboxylic acids is 1. The Morgan fingerprint density at radius 2 is 1.71 bits per heavy atom. The molecule has 220 valence electrons. The van der Waals surface area contributed by atoms with Crippen molar-refractivity contribution in [2.24, 2.45) is 0 Å². The van der Waals surface area contributed by atoms with E-state index in [1.807, 2.05) is 48.5 Å². The number of hydrogen-bond acceptors (Lipinski definition) is 8. The minimum Gasteiger partial charge on any atom is -0.322 e. The number of anilines is 1. The monoisotopic (exact) mass is 588 g/mol. The number of carbonyl (C=O) groups is 1. The van der Waals surface area contributed by atoms with Gasteiger partial charge in [-0.3, -0.25) is 19.2 Å². The van der Waals surface area contributed by atoms with Gasteiger partial charge < -0.3 is 10.2 Å². The van der Waals surface area contributed by atoms with Crippen molar-refractivity contribution in [1.82, 2.24) is 24.8 Å². The fourth-order valence-electron chi connectivity index (χ4n) is 4.50. The van der Waals surface area contributed by atoms with Gasteiger partial charge in [-0.15, -0.1) is 0 Å². The molecule has 1 amide bonds. The lowest BCUT2D eigenvalue weighted by atomic mass is 10.0. The molecule has 42 heavy (non-hydrogen) atoms. The first-order valence-electron chi connectivity index (χ1n) is 13.6. The Morgan fingerprint density at radius 1 is 1.00 bits per heavy atom. The second kappa shape index (κ2) is 14.2. The number of rotatable bonds is 7. The molecule has 0 spiro atoms. The van der Waals surface area contributed by atoms with Crippen molar-refractivity contribution in [3.8, 4) is 11.3 Å². The summed E-state index contributed by atoms with van der Waals surface area (Å²) >= 11 is 0. The summed E-state index contributed by atoms with van der Waals surface area (Å²) in [4.78, 5) is 31.1. The number of pyridine rings is 1. The lowest BCUT2D eigenvalue weighted by Crippen LogP contribution is -2.43. The average Bonchev–Trinajstić information content (AvgIpc) is 2.96. The van der Waals surface area contributed by atoms with Gasteiger partial charge in [-0.25, -0.2) is 9.97 Å². The maximum Gasteiger partial charge on any atom is 0.261 e. The maximum atomic E-state index is 12.9. The van der Waals surface area contributed by atoms with Crippen LogP contribution in [0.15, 0.2) is 79.3 Å². The first kappa shape index (κ1) is 30.9. The van der Waals surface area contributed by atoms with Gasteiger partial charge in [-0.2, -0.15) is 8.42 Å². The smallest absolute Gasteiger partial charge is 0.261 e. The molecule has 0 bridgehead atoms. The fourth-order valence-corrected chi connectivity index (χ4v) is 4.50. The Morgan fingerprint density at radius 3 is 2.38 bits per heavy atom. The first-order valence-corrected chi connectivity index (χ1v) is 15.4. The standard InChI is InChI=1S/C30H32N6O.CH4O3S/c1-22-5-10-27(18-26(22)19-29-32-13-11-28(34-29)25-4-3-12-31-20-25)33-30(37)24-8-6-23(7-9-24)21-36-16-14-35(2)15-17-36;1-5(2,3)4/h3-13,18,20H,14-17,19,21H2,1-2H3,(H,33,37);1H3,(H,2,3,4). The highest BCUT2D eigenvalue weighted by atomic mass is 32.2. The van der Waals surface area contributed by atoms with Gasteiger partial charge in [0.15, 0.2) is 0 Å². The van der Waals surface area contributed by atoms with Gasteiger partial charge in [0, 0.05) is 74.5 Å². The van der Waals surface area contributed by atoms with Crippen LogP contribution in [-0.4, -0.2) is 83.1 Å². The lowest BCUT2D eigenvalue weighted by Gasteiger charge is -2.32. The normalized spacial score (nSPS) is 14.1. The molecular weight excluding hydrogens is 552 g/mol. The zero-order valence-electron chi connectivity index (χ0n) is 24.1. The summed E-state index contributed by atoms with van der Waals surface area (Å²) in [5.74, 6) is 0.611. The van der Waals surface area contributed by atoms with Crippen molar-refractivity contribution in [3.63, 3.8) is 0 Å². The number of hydrogen-bond donors (Lipinski definition) is 2. The van der Waals surface area contributed by atoms with Crippen LogP contribution in [0.5, 0.6) is 0 Å². The van der Waals surface area contributed by atoms with E-state index in [9.17, 15) is 13.2 Å². The number of aromatic nitrogens is 3. The summed E-state index contributed by atoms with van der Waals surface area (Å²) in [6.07, 6.45) is 6.61. The third kappa shape index (κ3) is 9.81. The second-order valence-corrected chi connectivity index (χ2v) is 11.8. The molecule has 4 aromatic rings. The summed E-state index contributed by atoms with van der Waals surface area (Å²) < 4.78 is 25.9. The average molecular weight is 589 g/mol. The molecule has 1 aliphatic heterocycles.